The lowest BCUT2D eigenvalue weighted by atomic mass is 10.0. The Morgan fingerprint density at radius 1 is 1.47 bits per heavy atom. The zero-order valence-corrected chi connectivity index (χ0v) is 10.1. The number of ether oxygens (including phenoxy) is 1. The molecule has 4 nitrogen and oxygen atoms in total. The molecule has 0 bridgehead atoms. The number of nitrogens with one attached hydrogen (secondary N) is 1. The molecule has 1 heterocycles. The third-order valence-corrected chi connectivity index (χ3v) is 3.04. The molecule has 17 heavy (non-hydrogen) atoms. The Hall–Kier alpha value is -1.55. The molecule has 1 aliphatic heterocycles. The van der Waals surface area contributed by atoms with Gasteiger partial charge in [0.25, 0.3) is 0 Å². The van der Waals surface area contributed by atoms with Gasteiger partial charge in [0, 0.05) is 5.56 Å². The molecular weight excluding hydrogens is 216 g/mol. The predicted octanol–water partition coefficient (Wildman–Crippen LogP) is 1.22. The van der Waals surface area contributed by atoms with Gasteiger partial charge in [-0.2, -0.15) is 0 Å². The first-order valence-corrected chi connectivity index (χ1v) is 5.87. The second kappa shape index (κ2) is 4.75. The van der Waals surface area contributed by atoms with Crippen LogP contribution in [0.5, 0.6) is 5.75 Å². The smallest absolute Gasteiger partial charge is 0.237 e. The largest absolute Gasteiger partial charge is 0.491 e. The van der Waals surface area contributed by atoms with Gasteiger partial charge in [0.1, 0.15) is 12.4 Å². The molecule has 2 unspecified atom stereocenters. The zero-order valence-electron chi connectivity index (χ0n) is 10.1. The van der Waals surface area contributed by atoms with Crippen LogP contribution in [0.3, 0.4) is 0 Å². The second-order valence-corrected chi connectivity index (χ2v) is 4.68. The molecular formula is C13H18N2O2. The van der Waals surface area contributed by atoms with E-state index in [1.165, 1.54) is 0 Å². The van der Waals surface area contributed by atoms with Gasteiger partial charge in [0.05, 0.1) is 12.1 Å². The van der Waals surface area contributed by atoms with E-state index in [1.807, 2.05) is 38.1 Å². The number of benzene rings is 1. The van der Waals surface area contributed by atoms with Gasteiger partial charge in [-0.3, -0.25) is 4.79 Å². The molecule has 0 fully saturated rings. The van der Waals surface area contributed by atoms with E-state index in [4.69, 9.17) is 10.5 Å². The Morgan fingerprint density at radius 3 is 2.88 bits per heavy atom. The van der Waals surface area contributed by atoms with Crippen molar-refractivity contribution >= 4 is 5.91 Å². The van der Waals surface area contributed by atoms with Crippen LogP contribution < -0.4 is 15.8 Å². The van der Waals surface area contributed by atoms with E-state index in [0.29, 0.717) is 6.61 Å². The molecule has 0 radical (unpaired) electrons. The first-order valence-electron chi connectivity index (χ1n) is 5.87. The van der Waals surface area contributed by atoms with Crippen LogP contribution in [0.2, 0.25) is 0 Å². The zero-order chi connectivity index (χ0) is 12.4. The van der Waals surface area contributed by atoms with Gasteiger partial charge in [-0.05, 0) is 12.0 Å². The van der Waals surface area contributed by atoms with E-state index in [9.17, 15) is 4.79 Å². The van der Waals surface area contributed by atoms with E-state index in [1.54, 1.807) is 0 Å². The molecule has 0 aromatic heterocycles. The summed E-state index contributed by atoms with van der Waals surface area (Å²) in [5.74, 6) is 0.855. The number of fused-ring (bicyclic) bond motifs is 1. The van der Waals surface area contributed by atoms with Crippen LogP contribution in [0, 0.1) is 5.92 Å². The van der Waals surface area contributed by atoms with Crippen LogP contribution in [-0.2, 0) is 4.79 Å². The number of para-hydroxylation sites is 1. The third-order valence-electron chi connectivity index (χ3n) is 3.04. The Morgan fingerprint density at radius 2 is 2.18 bits per heavy atom. The molecule has 1 aliphatic rings. The lowest BCUT2D eigenvalue weighted by Crippen LogP contribution is -2.45. The second-order valence-electron chi connectivity index (χ2n) is 4.68. The number of amides is 1. The summed E-state index contributed by atoms with van der Waals surface area (Å²) in [6, 6.07) is 7.18. The van der Waals surface area contributed by atoms with E-state index in [-0.39, 0.29) is 17.9 Å². The highest BCUT2D eigenvalue weighted by molar-refractivity contribution is 5.82. The summed E-state index contributed by atoms with van der Waals surface area (Å²) in [6.45, 7) is 4.35. The first kappa shape index (κ1) is 11.9. The fourth-order valence-corrected chi connectivity index (χ4v) is 1.85. The van der Waals surface area contributed by atoms with Crippen molar-refractivity contribution in [2.45, 2.75) is 25.9 Å². The van der Waals surface area contributed by atoms with Crippen LogP contribution >= 0.6 is 0 Å². The molecule has 3 N–H and O–H groups in total. The standard InChI is InChI=1S/C13H18N2O2/c1-8(2)12(14)13(16)15-10-7-17-11-6-4-3-5-9(10)11/h3-6,8,10,12H,7,14H2,1-2H3,(H,15,16). The lowest BCUT2D eigenvalue weighted by molar-refractivity contribution is -0.124. The number of hydrogen-bond acceptors (Lipinski definition) is 3. The molecule has 0 saturated heterocycles. The van der Waals surface area contributed by atoms with Crippen LogP contribution in [0.15, 0.2) is 24.3 Å². The van der Waals surface area contributed by atoms with Crippen molar-refractivity contribution in [1.29, 1.82) is 0 Å². The summed E-state index contributed by atoms with van der Waals surface area (Å²) in [5, 5.41) is 2.93. The number of carbonyl (C=O) groups excluding carboxylic acids is 1. The molecule has 92 valence electrons. The average molecular weight is 234 g/mol. The highest BCUT2D eigenvalue weighted by atomic mass is 16.5. The fourth-order valence-electron chi connectivity index (χ4n) is 1.85. The molecule has 0 aliphatic carbocycles. The summed E-state index contributed by atoms with van der Waals surface area (Å²) < 4.78 is 5.50. The van der Waals surface area contributed by atoms with Gasteiger partial charge in [0.2, 0.25) is 5.91 Å². The van der Waals surface area contributed by atoms with Crippen LogP contribution in [0.4, 0.5) is 0 Å². The minimum Gasteiger partial charge on any atom is -0.491 e. The van der Waals surface area contributed by atoms with Gasteiger partial charge in [-0.1, -0.05) is 32.0 Å². The normalized spacial score (nSPS) is 19.6. The Kier molecular flexibility index (Phi) is 3.33. The maximum Gasteiger partial charge on any atom is 0.237 e. The summed E-state index contributed by atoms with van der Waals surface area (Å²) in [6.07, 6.45) is 0. The molecule has 0 saturated carbocycles. The number of hydrogen-bond donors (Lipinski definition) is 2. The minimum atomic E-state index is -0.470. The molecule has 2 rings (SSSR count). The average Bonchev–Trinajstić information content (AvgIpc) is 2.71. The summed E-state index contributed by atoms with van der Waals surface area (Å²) >= 11 is 0. The molecule has 2 atom stereocenters. The third kappa shape index (κ3) is 2.42. The Bertz CT molecular complexity index is 418. The fraction of sp³-hybridized carbons (Fsp3) is 0.462. The van der Waals surface area contributed by atoms with Crippen molar-refractivity contribution in [3.05, 3.63) is 29.8 Å². The molecule has 4 heteroatoms. The SMILES string of the molecule is CC(C)C(N)C(=O)NC1COc2ccccc21. The molecule has 1 aromatic carbocycles. The molecule has 1 aromatic rings. The van der Waals surface area contributed by atoms with Gasteiger partial charge in [-0.15, -0.1) is 0 Å². The van der Waals surface area contributed by atoms with Gasteiger partial charge >= 0.3 is 0 Å². The highest BCUT2D eigenvalue weighted by Crippen LogP contribution is 2.31. The summed E-state index contributed by atoms with van der Waals surface area (Å²) in [4.78, 5) is 11.9. The Labute approximate surface area is 101 Å². The van der Waals surface area contributed by atoms with E-state index in [2.05, 4.69) is 5.32 Å². The van der Waals surface area contributed by atoms with Gasteiger partial charge in [0.15, 0.2) is 0 Å². The van der Waals surface area contributed by atoms with Crippen molar-refractivity contribution in [1.82, 2.24) is 5.32 Å². The van der Waals surface area contributed by atoms with Gasteiger partial charge < -0.3 is 15.8 Å². The quantitative estimate of drug-likeness (QED) is 0.826. The van der Waals surface area contributed by atoms with E-state index >= 15 is 0 Å². The number of rotatable bonds is 3. The van der Waals surface area contributed by atoms with Crippen molar-refractivity contribution in [3.8, 4) is 5.75 Å². The molecule has 0 spiro atoms. The van der Waals surface area contributed by atoms with Crippen LogP contribution in [-0.4, -0.2) is 18.6 Å². The monoisotopic (exact) mass is 234 g/mol. The summed E-state index contributed by atoms with van der Waals surface area (Å²) in [5.41, 5.74) is 6.83. The first-order chi connectivity index (χ1) is 8.09. The van der Waals surface area contributed by atoms with Crippen molar-refractivity contribution < 1.29 is 9.53 Å². The minimum absolute atomic E-state index is 0.0801. The van der Waals surface area contributed by atoms with Crippen molar-refractivity contribution in [2.24, 2.45) is 11.7 Å². The summed E-state index contributed by atoms with van der Waals surface area (Å²) in [7, 11) is 0. The number of carbonyl (C=O) groups is 1. The topological polar surface area (TPSA) is 64.4 Å². The maximum absolute atomic E-state index is 11.9. The van der Waals surface area contributed by atoms with E-state index in [0.717, 1.165) is 11.3 Å². The lowest BCUT2D eigenvalue weighted by Gasteiger charge is -2.18. The van der Waals surface area contributed by atoms with Crippen molar-refractivity contribution in [2.75, 3.05) is 6.61 Å². The maximum atomic E-state index is 11.9. The van der Waals surface area contributed by atoms with Crippen LogP contribution in [0.25, 0.3) is 0 Å². The predicted molar refractivity (Wildman–Crippen MR) is 65.6 cm³/mol. The van der Waals surface area contributed by atoms with E-state index < -0.39 is 6.04 Å². The highest BCUT2D eigenvalue weighted by Gasteiger charge is 2.27. The van der Waals surface area contributed by atoms with Crippen molar-refractivity contribution in [3.63, 3.8) is 0 Å². The molecule has 1 amide bonds. The Balaban J connectivity index is 2.05. The van der Waals surface area contributed by atoms with Gasteiger partial charge in [-0.25, -0.2) is 0 Å². The number of nitrogens with two attached hydrogens (primary N) is 1. The van der Waals surface area contributed by atoms with Crippen LogP contribution in [0.1, 0.15) is 25.5 Å².